The molecule has 1 amide bonds. The van der Waals surface area contributed by atoms with Crippen LogP contribution in [0.4, 0.5) is 5.69 Å². The van der Waals surface area contributed by atoms with E-state index in [0.717, 1.165) is 0 Å². The first-order chi connectivity index (χ1) is 13.3. The molecular weight excluding hydrogens is 360 g/mol. The van der Waals surface area contributed by atoms with Crippen molar-refractivity contribution >= 4 is 11.6 Å². The van der Waals surface area contributed by atoms with Gasteiger partial charge in [-0.3, -0.25) is 4.79 Å². The topological polar surface area (TPSA) is 99.4 Å². The van der Waals surface area contributed by atoms with Gasteiger partial charge >= 0.3 is 0 Å². The minimum Gasteiger partial charge on any atom is -0.497 e. The molecule has 0 aliphatic rings. The zero-order valence-corrected chi connectivity index (χ0v) is 16.4. The van der Waals surface area contributed by atoms with Crippen LogP contribution in [0.25, 0.3) is 11.3 Å². The molecule has 1 aromatic carbocycles. The minimum absolute atomic E-state index is 0.125. The van der Waals surface area contributed by atoms with Crippen LogP contribution in [0.5, 0.6) is 11.5 Å². The van der Waals surface area contributed by atoms with Gasteiger partial charge in [0, 0.05) is 11.5 Å². The molecule has 0 unspecified atom stereocenters. The number of hydrogen-bond acceptors (Lipinski definition) is 7. The zero-order chi connectivity index (χ0) is 20.3. The quantitative estimate of drug-likeness (QED) is 0.718. The first kappa shape index (κ1) is 19.3. The van der Waals surface area contributed by atoms with Crippen LogP contribution in [0.15, 0.2) is 41.2 Å². The van der Waals surface area contributed by atoms with E-state index >= 15 is 0 Å². The molecule has 146 valence electrons. The van der Waals surface area contributed by atoms with Crippen molar-refractivity contribution in [3.8, 4) is 22.8 Å². The Bertz CT molecular complexity index is 975. The van der Waals surface area contributed by atoms with Crippen LogP contribution in [0, 0.1) is 0 Å². The summed E-state index contributed by atoms with van der Waals surface area (Å²) < 4.78 is 15.9. The van der Waals surface area contributed by atoms with Crippen molar-refractivity contribution in [2.45, 2.75) is 26.2 Å². The molecule has 3 rings (SSSR count). The molecule has 0 aliphatic heterocycles. The lowest BCUT2D eigenvalue weighted by atomic mass is 9.96. The number of hydrogen-bond donors (Lipinski definition) is 1. The van der Waals surface area contributed by atoms with E-state index in [2.05, 4.69) is 20.4 Å². The molecule has 8 nitrogen and oxygen atoms in total. The number of carbonyl (C=O) groups excluding carboxylic acids is 1. The van der Waals surface area contributed by atoms with Gasteiger partial charge in [0.15, 0.2) is 11.5 Å². The van der Waals surface area contributed by atoms with Gasteiger partial charge in [-0.05, 0) is 18.2 Å². The van der Waals surface area contributed by atoms with Crippen LogP contribution >= 0.6 is 0 Å². The molecule has 0 radical (unpaired) electrons. The zero-order valence-electron chi connectivity index (χ0n) is 16.4. The molecule has 0 spiro atoms. The second kappa shape index (κ2) is 7.67. The first-order valence-electron chi connectivity index (χ1n) is 8.65. The van der Waals surface area contributed by atoms with Gasteiger partial charge in [0.05, 0.1) is 37.9 Å². The lowest BCUT2D eigenvalue weighted by molar-refractivity contribution is 0.101. The highest BCUT2D eigenvalue weighted by molar-refractivity contribution is 6.03. The molecule has 28 heavy (non-hydrogen) atoms. The fourth-order valence-corrected chi connectivity index (χ4v) is 2.49. The molecule has 2 heterocycles. The fraction of sp³-hybridized carbons (Fsp3) is 0.300. The molecular formula is C20H22N4O4. The van der Waals surface area contributed by atoms with Crippen LogP contribution in [-0.4, -0.2) is 35.3 Å². The summed E-state index contributed by atoms with van der Waals surface area (Å²) in [6.07, 6.45) is 3.13. The largest absolute Gasteiger partial charge is 0.497 e. The normalized spacial score (nSPS) is 11.2. The molecule has 0 aliphatic carbocycles. The smallest absolute Gasteiger partial charge is 0.277 e. The number of carbonyl (C=O) groups is 1. The summed E-state index contributed by atoms with van der Waals surface area (Å²) in [5.74, 6) is 1.87. The first-order valence-corrected chi connectivity index (χ1v) is 8.65. The van der Waals surface area contributed by atoms with E-state index in [-0.39, 0.29) is 11.1 Å². The van der Waals surface area contributed by atoms with E-state index in [1.807, 2.05) is 20.8 Å². The maximum atomic E-state index is 12.5. The van der Waals surface area contributed by atoms with Crippen LogP contribution in [0.3, 0.4) is 0 Å². The Morgan fingerprint density at radius 2 is 1.79 bits per heavy atom. The molecule has 0 fully saturated rings. The summed E-state index contributed by atoms with van der Waals surface area (Å²) in [5.41, 5.74) is 1.06. The predicted molar refractivity (Wildman–Crippen MR) is 104 cm³/mol. The maximum absolute atomic E-state index is 12.5. The van der Waals surface area contributed by atoms with E-state index in [9.17, 15) is 4.79 Å². The molecule has 8 heteroatoms. The Balaban J connectivity index is 1.79. The highest BCUT2D eigenvalue weighted by Gasteiger charge is 2.19. The third-order valence-electron chi connectivity index (χ3n) is 4.00. The summed E-state index contributed by atoms with van der Waals surface area (Å²) >= 11 is 0. The number of nitrogens with one attached hydrogen (secondary N) is 1. The van der Waals surface area contributed by atoms with Crippen LogP contribution < -0.4 is 14.8 Å². The van der Waals surface area contributed by atoms with E-state index in [1.54, 1.807) is 44.8 Å². The summed E-state index contributed by atoms with van der Waals surface area (Å²) in [6, 6.07) is 6.81. The van der Waals surface area contributed by atoms with Gasteiger partial charge in [-0.2, -0.15) is 0 Å². The monoisotopic (exact) mass is 382 g/mol. The number of benzene rings is 1. The van der Waals surface area contributed by atoms with Gasteiger partial charge in [-0.15, -0.1) is 0 Å². The van der Waals surface area contributed by atoms with Crippen molar-refractivity contribution in [3.05, 3.63) is 48.2 Å². The summed E-state index contributed by atoms with van der Waals surface area (Å²) in [7, 11) is 3.12. The Hall–Kier alpha value is -3.42. The Morgan fingerprint density at radius 3 is 2.39 bits per heavy atom. The van der Waals surface area contributed by atoms with Gasteiger partial charge in [0.2, 0.25) is 0 Å². The third kappa shape index (κ3) is 4.11. The minimum atomic E-state index is -0.427. The molecule has 0 bridgehead atoms. The van der Waals surface area contributed by atoms with Crippen molar-refractivity contribution < 1.29 is 18.8 Å². The second-order valence-corrected chi connectivity index (χ2v) is 7.14. The Labute approximate surface area is 162 Å². The number of nitrogens with zero attached hydrogens (tertiary/aromatic N) is 3. The summed E-state index contributed by atoms with van der Waals surface area (Å²) in [4.78, 5) is 21.1. The van der Waals surface area contributed by atoms with Crippen molar-refractivity contribution in [3.63, 3.8) is 0 Å². The molecule has 1 N–H and O–H groups in total. The molecule has 0 atom stereocenters. The fourth-order valence-electron chi connectivity index (χ4n) is 2.49. The molecule has 0 saturated heterocycles. The van der Waals surface area contributed by atoms with E-state index < -0.39 is 5.91 Å². The number of methoxy groups -OCH3 is 2. The highest BCUT2D eigenvalue weighted by atomic mass is 16.5. The van der Waals surface area contributed by atoms with Gasteiger partial charge in [-0.25, -0.2) is 9.97 Å². The van der Waals surface area contributed by atoms with Crippen molar-refractivity contribution in [1.82, 2.24) is 15.1 Å². The number of amides is 1. The lowest BCUT2D eigenvalue weighted by Crippen LogP contribution is -2.17. The average Bonchev–Trinajstić information content (AvgIpc) is 3.17. The van der Waals surface area contributed by atoms with Crippen molar-refractivity contribution in [2.24, 2.45) is 0 Å². The van der Waals surface area contributed by atoms with Crippen LogP contribution in [0.2, 0.25) is 0 Å². The summed E-state index contributed by atoms with van der Waals surface area (Å²) in [5, 5.41) is 6.56. The number of anilines is 1. The van der Waals surface area contributed by atoms with Gasteiger partial charge in [-0.1, -0.05) is 25.9 Å². The lowest BCUT2D eigenvalue weighted by Gasteiger charge is -2.16. The van der Waals surface area contributed by atoms with Gasteiger partial charge in [0.25, 0.3) is 5.91 Å². The average molecular weight is 382 g/mol. The van der Waals surface area contributed by atoms with E-state index in [0.29, 0.717) is 34.3 Å². The van der Waals surface area contributed by atoms with Crippen LogP contribution in [0.1, 0.15) is 37.1 Å². The molecule has 2 aromatic heterocycles. The number of aromatic nitrogens is 3. The van der Waals surface area contributed by atoms with Crippen LogP contribution in [-0.2, 0) is 5.41 Å². The van der Waals surface area contributed by atoms with Gasteiger partial charge < -0.3 is 19.3 Å². The Morgan fingerprint density at radius 1 is 1.07 bits per heavy atom. The summed E-state index contributed by atoms with van der Waals surface area (Å²) in [6.45, 7) is 6.05. The second-order valence-electron chi connectivity index (χ2n) is 7.14. The van der Waals surface area contributed by atoms with Gasteiger partial charge in [0.1, 0.15) is 17.3 Å². The van der Waals surface area contributed by atoms with E-state index in [1.165, 1.54) is 6.07 Å². The molecule has 3 aromatic rings. The predicted octanol–water partition coefficient (Wildman–Crippen LogP) is 3.70. The van der Waals surface area contributed by atoms with Crippen molar-refractivity contribution in [2.75, 3.05) is 19.5 Å². The maximum Gasteiger partial charge on any atom is 0.277 e. The standard InChI is InChI=1S/C20H22N4O4/c1-20(2,3)19-21-10-12(11-22-19)23-18(25)15-9-17(28-24-15)14-8-13(26-4)6-7-16(14)27-5/h6-11H,1-5H3,(H,23,25). The van der Waals surface area contributed by atoms with Crippen molar-refractivity contribution in [1.29, 1.82) is 0 Å². The SMILES string of the molecule is COc1ccc(OC)c(-c2cc(C(=O)Nc3cnc(C(C)(C)C)nc3)no2)c1. The van der Waals surface area contributed by atoms with E-state index in [4.69, 9.17) is 14.0 Å². The highest BCUT2D eigenvalue weighted by Crippen LogP contribution is 2.33. The Kier molecular flexibility index (Phi) is 5.30. The number of rotatable bonds is 5. The third-order valence-corrected chi connectivity index (χ3v) is 4.00. The number of ether oxygens (including phenoxy) is 2. The molecule has 0 saturated carbocycles.